The molecule has 0 spiro atoms. The summed E-state index contributed by atoms with van der Waals surface area (Å²) in [6, 6.07) is 1.53. The van der Waals surface area contributed by atoms with Crippen molar-refractivity contribution < 1.29 is 4.39 Å². The molecular weight excluding hydrogens is 307 g/mol. The van der Waals surface area contributed by atoms with E-state index < -0.39 is 6.17 Å². The van der Waals surface area contributed by atoms with Crippen LogP contribution in [0.15, 0.2) is 16.9 Å². The topological polar surface area (TPSA) is 59.3 Å². The maximum Gasteiger partial charge on any atom is 0.273 e. The van der Waals surface area contributed by atoms with Crippen molar-refractivity contribution in [1.82, 2.24) is 19.9 Å². The van der Waals surface area contributed by atoms with Crippen molar-refractivity contribution in [2.24, 2.45) is 0 Å². The highest BCUT2D eigenvalue weighted by atomic mass is 35.5. The molecule has 1 atom stereocenters. The Morgan fingerprint density at radius 3 is 2.91 bits per heavy atom. The summed E-state index contributed by atoms with van der Waals surface area (Å²) in [5.41, 5.74) is 1.41. The van der Waals surface area contributed by atoms with Gasteiger partial charge in [0, 0.05) is 12.0 Å². The molecule has 0 amide bonds. The first-order valence-electron chi connectivity index (χ1n) is 7.31. The molecule has 4 rings (SSSR count). The predicted octanol–water partition coefficient (Wildman–Crippen LogP) is 0.987. The lowest BCUT2D eigenvalue weighted by Gasteiger charge is -2.22. The van der Waals surface area contributed by atoms with Crippen LogP contribution in [0.4, 0.5) is 4.39 Å². The van der Waals surface area contributed by atoms with Crippen LogP contribution in [0.1, 0.15) is 30.1 Å². The highest BCUT2D eigenvalue weighted by molar-refractivity contribution is 6.46. The van der Waals surface area contributed by atoms with Crippen LogP contribution in [-0.4, -0.2) is 33.9 Å². The van der Waals surface area contributed by atoms with Crippen molar-refractivity contribution in [3.05, 3.63) is 39.1 Å². The largest absolute Gasteiger partial charge is 0.317 e. The lowest BCUT2D eigenvalue weighted by Crippen LogP contribution is -2.29. The average molecular weight is 321 g/mol. The van der Waals surface area contributed by atoms with Gasteiger partial charge in [0.2, 0.25) is 0 Å². The second-order valence-electron chi connectivity index (χ2n) is 5.65. The Morgan fingerprint density at radius 2 is 2.14 bits per heavy atom. The number of hydrogen-bond donors (Lipinski definition) is 1. The molecule has 22 heavy (non-hydrogen) atoms. The van der Waals surface area contributed by atoms with E-state index in [2.05, 4.69) is 15.4 Å². The molecule has 2 aliphatic rings. The zero-order chi connectivity index (χ0) is 15.3. The monoisotopic (exact) mass is 320 g/mol. The number of piperidine rings is 1. The van der Waals surface area contributed by atoms with Crippen LogP contribution >= 0.6 is 11.6 Å². The summed E-state index contributed by atoms with van der Waals surface area (Å²) >= 11 is 6.09. The summed E-state index contributed by atoms with van der Waals surface area (Å²) in [6.07, 6.45) is 3.45. The first-order valence-corrected chi connectivity index (χ1v) is 7.69. The van der Waals surface area contributed by atoms with Gasteiger partial charge in [-0.2, -0.15) is 10.1 Å². The third-order valence-corrected chi connectivity index (χ3v) is 4.68. The number of rotatable bonds is 1. The number of allylic oxidation sites excluding steroid dienone is 1. The summed E-state index contributed by atoms with van der Waals surface area (Å²) in [7, 11) is 0. The maximum atomic E-state index is 13.8. The van der Waals surface area contributed by atoms with Crippen molar-refractivity contribution in [2.45, 2.75) is 24.9 Å². The molecule has 2 aromatic heterocycles. The van der Waals surface area contributed by atoms with E-state index in [1.807, 2.05) is 0 Å². The molecule has 3 heterocycles. The van der Waals surface area contributed by atoms with E-state index >= 15 is 0 Å². The van der Waals surface area contributed by atoms with Gasteiger partial charge in [0.05, 0.1) is 21.6 Å². The molecule has 7 heteroatoms. The summed E-state index contributed by atoms with van der Waals surface area (Å²) in [4.78, 5) is 16.0. The number of hydrogen-bond acceptors (Lipinski definition) is 4. The molecule has 2 aromatic rings. The van der Waals surface area contributed by atoms with E-state index in [9.17, 15) is 9.18 Å². The fraction of sp³-hybridized carbons (Fsp3) is 0.400. The lowest BCUT2D eigenvalue weighted by atomic mass is 9.94. The second-order valence-corrected chi connectivity index (χ2v) is 6.06. The molecule has 1 aliphatic heterocycles. The van der Waals surface area contributed by atoms with E-state index in [0.29, 0.717) is 16.6 Å². The first kappa shape index (κ1) is 13.8. The molecule has 5 nitrogen and oxygen atoms in total. The van der Waals surface area contributed by atoms with E-state index in [1.54, 1.807) is 10.6 Å². The SMILES string of the molecule is O=c1cc(C2CCNCC2)n2nc3c(c2n1)=C(Cl)C(F)C=C3. The number of fused-ring (bicyclic) bond motifs is 3. The fourth-order valence-corrected chi connectivity index (χ4v) is 3.44. The summed E-state index contributed by atoms with van der Waals surface area (Å²) in [5, 5.41) is 8.27. The van der Waals surface area contributed by atoms with E-state index in [0.717, 1.165) is 31.6 Å². The van der Waals surface area contributed by atoms with Crippen molar-refractivity contribution in [3.63, 3.8) is 0 Å². The highest BCUT2D eigenvalue weighted by Crippen LogP contribution is 2.25. The Labute approximate surface area is 130 Å². The standard InChI is InChI=1S/C15H14ClFN4O/c16-14-9(17)1-2-10-13(14)15-19-12(22)7-11(21(15)20-10)8-3-5-18-6-4-8/h1-2,7-9,18H,3-6H2. The van der Waals surface area contributed by atoms with Gasteiger partial charge < -0.3 is 5.32 Å². The lowest BCUT2D eigenvalue weighted by molar-refractivity contribution is 0.446. The zero-order valence-corrected chi connectivity index (χ0v) is 12.5. The first-order chi connectivity index (χ1) is 10.6. The minimum Gasteiger partial charge on any atom is -0.317 e. The predicted molar refractivity (Wildman–Crippen MR) is 82.5 cm³/mol. The van der Waals surface area contributed by atoms with Crippen molar-refractivity contribution >= 4 is 28.4 Å². The number of nitrogens with zero attached hydrogens (tertiary/aromatic N) is 3. The van der Waals surface area contributed by atoms with Crippen LogP contribution in [-0.2, 0) is 0 Å². The van der Waals surface area contributed by atoms with Crippen molar-refractivity contribution in [1.29, 1.82) is 0 Å². The Balaban J connectivity index is 2.03. The third-order valence-electron chi connectivity index (χ3n) is 4.28. The van der Waals surface area contributed by atoms with Crippen molar-refractivity contribution in [2.75, 3.05) is 13.1 Å². The molecular formula is C15H14ClFN4O. The van der Waals surface area contributed by atoms with Crippen LogP contribution < -0.4 is 16.1 Å². The maximum absolute atomic E-state index is 13.8. The normalized spacial score (nSPS) is 22.3. The van der Waals surface area contributed by atoms with Gasteiger partial charge in [-0.1, -0.05) is 11.6 Å². The van der Waals surface area contributed by atoms with Gasteiger partial charge >= 0.3 is 0 Å². The summed E-state index contributed by atoms with van der Waals surface area (Å²) in [6.45, 7) is 1.81. The molecule has 1 saturated heterocycles. The van der Waals surface area contributed by atoms with Gasteiger partial charge in [0.15, 0.2) is 11.8 Å². The van der Waals surface area contributed by atoms with Gasteiger partial charge in [-0.15, -0.1) is 0 Å². The molecule has 1 N–H and O–H groups in total. The van der Waals surface area contributed by atoms with Gasteiger partial charge in [0.1, 0.15) is 0 Å². The van der Waals surface area contributed by atoms with E-state index in [-0.39, 0.29) is 16.5 Å². The Bertz CT molecular complexity index is 885. The molecule has 1 aliphatic carbocycles. The highest BCUT2D eigenvalue weighted by Gasteiger charge is 2.24. The molecule has 0 bridgehead atoms. The van der Waals surface area contributed by atoms with Gasteiger partial charge in [-0.3, -0.25) is 4.79 Å². The fourth-order valence-electron chi connectivity index (χ4n) is 3.19. The van der Waals surface area contributed by atoms with Gasteiger partial charge in [0.25, 0.3) is 5.56 Å². The Kier molecular flexibility index (Phi) is 3.23. The minimum absolute atomic E-state index is 0.0434. The van der Waals surface area contributed by atoms with Crippen LogP contribution in [0.25, 0.3) is 16.8 Å². The van der Waals surface area contributed by atoms with E-state index in [4.69, 9.17) is 11.6 Å². The third kappa shape index (κ3) is 2.06. The van der Waals surface area contributed by atoms with Crippen LogP contribution in [0.5, 0.6) is 0 Å². The number of alkyl halides is 1. The molecule has 0 aromatic carbocycles. The summed E-state index contributed by atoms with van der Waals surface area (Å²) < 4.78 is 15.5. The quantitative estimate of drug-likeness (QED) is 0.851. The van der Waals surface area contributed by atoms with Crippen molar-refractivity contribution in [3.8, 4) is 0 Å². The number of halogens is 2. The van der Waals surface area contributed by atoms with Gasteiger partial charge in [-0.25, -0.2) is 8.91 Å². The zero-order valence-electron chi connectivity index (χ0n) is 11.7. The Hall–Kier alpha value is -1.79. The Morgan fingerprint density at radius 1 is 1.36 bits per heavy atom. The van der Waals surface area contributed by atoms with Crippen LogP contribution in [0.2, 0.25) is 0 Å². The average Bonchev–Trinajstić information content (AvgIpc) is 2.90. The minimum atomic E-state index is -1.37. The molecule has 0 radical (unpaired) electrons. The summed E-state index contributed by atoms with van der Waals surface area (Å²) in [5.74, 6) is 0.240. The molecule has 114 valence electrons. The van der Waals surface area contributed by atoms with Crippen LogP contribution in [0.3, 0.4) is 0 Å². The van der Waals surface area contributed by atoms with Gasteiger partial charge in [-0.05, 0) is 38.1 Å². The van der Waals surface area contributed by atoms with E-state index in [1.165, 1.54) is 12.1 Å². The molecule has 1 fully saturated rings. The molecule has 0 saturated carbocycles. The smallest absolute Gasteiger partial charge is 0.273 e. The number of aromatic nitrogens is 3. The second kappa shape index (κ2) is 5.14. The number of nitrogens with one attached hydrogen (secondary N) is 1. The molecule has 1 unspecified atom stereocenters. The van der Waals surface area contributed by atoms with Crippen LogP contribution in [0, 0.1) is 0 Å².